The first-order valence-electron chi connectivity index (χ1n) is 5.91. The molecule has 0 saturated heterocycles. The van der Waals surface area contributed by atoms with Crippen molar-refractivity contribution in [2.45, 2.75) is 6.42 Å². The summed E-state index contributed by atoms with van der Waals surface area (Å²) in [6, 6.07) is 12.1. The molecule has 0 spiro atoms. The Labute approximate surface area is 123 Å². The van der Waals surface area contributed by atoms with E-state index in [1.54, 1.807) is 0 Å². The van der Waals surface area contributed by atoms with Gasteiger partial charge in [0.15, 0.2) is 0 Å². The van der Waals surface area contributed by atoms with Crippen molar-refractivity contribution in [1.82, 2.24) is 0 Å². The molecule has 1 heterocycles. The summed E-state index contributed by atoms with van der Waals surface area (Å²) in [5.41, 5.74) is 1.55. The third-order valence-electron chi connectivity index (χ3n) is 3.25. The lowest BCUT2D eigenvalue weighted by atomic mass is 10.0. The van der Waals surface area contributed by atoms with Gasteiger partial charge in [0.1, 0.15) is 5.76 Å². The molecule has 2 aromatic carbocycles. The second-order valence-corrected chi connectivity index (χ2v) is 6.18. The molecule has 0 atom stereocenters. The van der Waals surface area contributed by atoms with Crippen molar-refractivity contribution in [3.05, 3.63) is 57.8 Å². The zero-order valence-corrected chi connectivity index (χ0v) is 12.4. The Kier molecular flexibility index (Phi) is 3.37. The van der Waals surface area contributed by atoms with Crippen molar-refractivity contribution >= 4 is 43.6 Å². The van der Waals surface area contributed by atoms with Crippen LogP contribution in [0.1, 0.15) is 5.56 Å². The number of rotatable bonds is 2. The number of aliphatic hydroxyl groups excluding tert-OH is 1. The lowest BCUT2D eigenvalue weighted by Gasteiger charge is -2.08. The quantitative estimate of drug-likeness (QED) is 0.892. The smallest absolute Gasteiger partial charge is 0.219 e. The highest BCUT2D eigenvalue weighted by molar-refractivity contribution is 9.10. The van der Waals surface area contributed by atoms with E-state index in [0.717, 1.165) is 32.6 Å². The minimum absolute atomic E-state index is 0.0161. The van der Waals surface area contributed by atoms with Crippen LogP contribution in [0.15, 0.2) is 52.2 Å². The molecule has 0 aromatic heterocycles. The lowest BCUT2D eigenvalue weighted by molar-refractivity contribution is -0.107. The van der Waals surface area contributed by atoms with Crippen molar-refractivity contribution in [2.75, 3.05) is 5.75 Å². The van der Waals surface area contributed by atoms with Crippen LogP contribution in [0.5, 0.6) is 0 Å². The van der Waals surface area contributed by atoms with E-state index in [-0.39, 0.29) is 10.9 Å². The van der Waals surface area contributed by atoms with E-state index in [2.05, 4.69) is 22.0 Å². The molecule has 2 nitrogen and oxygen atoms in total. The Morgan fingerprint density at radius 3 is 2.74 bits per heavy atom. The first-order valence-corrected chi connectivity index (χ1v) is 7.69. The monoisotopic (exact) mass is 334 g/mol. The maximum absolute atomic E-state index is 11.7. The van der Waals surface area contributed by atoms with Gasteiger partial charge in [0.2, 0.25) is 5.12 Å². The van der Waals surface area contributed by atoms with Crippen LogP contribution in [0, 0.1) is 0 Å². The fourth-order valence-corrected chi connectivity index (χ4v) is 3.65. The normalized spacial score (nSPS) is 15.5. The number of thioether (sulfide) groups is 1. The minimum Gasteiger partial charge on any atom is -0.511 e. The molecule has 0 aliphatic carbocycles. The summed E-state index contributed by atoms with van der Waals surface area (Å²) in [6.45, 7) is 0. The SMILES string of the molecule is O=C1SCC(O)=C1Cc1ccc2ccccc2c1Br. The largest absolute Gasteiger partial charge is 0.511 e. The van der Waals surface area contributed by atoms with Gasteiger partial charge < -0.3 is 5.11 Å². The summed E-state index contributed by atoms with van der Waals surface area (Å²) in [5, 5.41) is 12.0. The van der Waals surface area contributed by atoms with Crippen LogP contribution in [0.4, 0.5) is 0 Å². The van der Waals surface area contributed by atoms with Crippen LogP contribution in [0.2, 0.25) is 0 Å². The lowest BCUT2D eigenvalue weighted by Crippen LogP contribution is -2.00. The molecule has 1 aliphatic rings. The maximum Gasteiger partial charge on any atom is 0.219 e. The molecule has 1 aliphatic heterocycles. The van der Waals surface area contributed by atoms with Gasteiger partial charge in [0, 0.05) is 16.5 Å². The Bertz CT molecular complexity index is 706. The first-order chi connectivity index (χ1) is 9.16. The molecule has 0 radical (unpaired) electrons. The predicted octanol–water partition coefficient (Wildman–Crippen LogP) is 4.23. The van der Waals surface area contributed by atoms with Gasteiger partial charge in [-0.05, 0) is 32.3 Å². The molecule has 96 valence electrons. The Balaban J connectivity index is 2.05. The Morgan fingerprint density at radius 1 is 1.21 bits per heavy atom. The molecular weight excluding hydrogens is 324 g/mol. The van der Waals surface area contributed by atoms with Crippen LogP contribution < -0.4 is 0 Å². The van der Waals surface area contributed by atoms with Crippen molar-refractivity contribution in [1.29, 1.82) is 0 Å². The van der Waals surface area contributed by atoms with E-state index < -0.39 is 0 Å². The highest BCUT2D eigenvalue weighted by Gasteiger charge is 2.24. The second-order valence-electron chi connectivity index (χ2n) is 4.44. The summed E-state index contributed by atoms with van der Waals surface area (Å²) in [4.78, 5) is 11.7. The molecule has 0 amide bonds. The predicted molar refractivity (Wildman–Crippen MR) is 82.5 cm³/mol. The van der Waals surface area contributed by atoms with Crippen LogP contribution in [0.25, 0.3) is 10.8 Å². The highest BCUT2D eigenvalue weighted by Crippen LogP contribution is 2.33. The number of benzene rings is 2. The average molecular weight is 335 g/mol. The van der Waals surface area contributed by atoms with Gasteiger partial charge in [-0.1, -0.05) is 48.2 Å². The molecule has 19 heavy (non-hydrogen) atoms. The van der Waals surface area contributed by atoms with Gasteiger partial charge in [-0.15, -0.1) is 0 Å². The van der Waals surface area contributed by atoms with Gasteiger partial charge in [-0.25, -0.2) is 0 Å². The van der Waals surface area contributed by atoms with E-state index in [1.165, 1.54) is 0 Å². The van der Waals surface area contributed by atoms with Crippen molar-refractivity contribution in [3.8, 4) is 0 Å². The molecule has 0 bridgehead atoms. The standard InChI is InChI=1S/C15H11BrO2S/c16-14-10(7-12-13(17)8-19-15(12)18)6-5-9-3-1-2-4-11(9)14/h1-6,17H,7-8H2. The fourth-order valence-electron chi connectivity index (χ4n) is 2.21. The van der Waals surface area contributed by atoms with E-state index in [9.17, 15) is 9.90 Å². The van der Waals surface area contributed by atoms with Gasteiger partial charge in [-0.2, -0.15) is 0 Å². The molecule has 3 rings (SSSR count). The molecule has 1 N–H and O–H groups in total. The van der Waals surface area contributed by atoms with E-state index in [0.29, 0.717) is 17.7 Å². The molecular formula is C15H11BrO2S. The number of hydrogen-bond donors (Lipinski definition) is 1. The average Bonchev–Trinajstić information content (AvgIpc) is 2.74. The van der Waals surface area contributed by atoms with Crippen LogP contribution in [-0.4, -0.2) is 16.0 Å². The number of fused-ring (bicyclic) bond motifs is 1. The molecule has 0 fully saturated rings. The van der Waals surface area contributed by atoms with E-state index in [1.807, 2.05) is 30.3 Å². The van der Waals surface area contributed by atoms with Gasteiger partial charge in [0.05, 0.1) is 5.75 Å². The van der Waals surface area contributed by atoms with E-state index in [4.69, 9.17) is 0 Å². The summed E-state index contributed by atoms with van der Waals surface area (Å²) >= 11 is 4.77. The fraction of sp³-hybridized carbons (Fsp3) is 0.133. The molecule has 4 heteroatoms. The van der Waals surface area contributed by atoms with Gasteiger partial charge in [0.25, 0.3) is 0 Å². The summed E-state index contributed by atoms with van der Waals surface area (Å²) in [6.07, 6.45) is 0.475. The van der Waals surface area contributed by atoms with Crippen molar-refractivity contribution in [3.63, 3.8) is 0 Å². The molecule has 0 saturated carbocycles. The number of carbonyl (C=O) groups excluding carboxylic acids is 1. The molecule has 0 unspecified atom stereocenters. The van der Waals surface area contributed by atoms with Gasteiger partial charge >= 0.3 is 0 Å². The van der Waals surface area contributed by atoms with Crippen LogP contribution >= 0.6 is 27.7 Å². The molecule has 2 aromatic rings. The maximum atomic E-state index is 11.7. The first kappa shape index (κ1) is 12.8. The summed E-state index contributed by atoms with van der Waals surface area (Å²) in [7, 11) is 0. The third kappa shape index (κ3) is 2.30. The van der Waals surface area contributed by atoms with E-state index >= 15 is 0 Å². The number of halogens is 1. The van der Waals surface area contributed by atoms with Crippen molar-refractivity contribution < 1.29 is 9.90 Å². The zero-order valence-electron chi connectivity index (χ0n) is 10.0. The second kappa shape index (κ2) is 5.02. The van der Waals surface area contributed by atoms with Crippen LogP contribution in [0.3, 0.4) is 0 Å². The summed E-state index contributed by atoms with van der Waals surface area (Å²) < 4.78 is 0.996. The highest BCUT2D eigenvalue weighted by atomic mass is 79.9. The third-order valence-corrected chi connectivity index (χ3v) is 5.11. The number of carbonyl (C=O) groups is 1. The minimum atomic E-state index is -0.0161. The van der Waals surface area contributed by atoms with Gasteiger partial charge in [-0.3, -0.25) is 4.79 Å². The Morgan fingerprint density at radius 2 is 2.00 bits per heavy atom. The number of aliphatic hydroxyl groups is 1. The Hall–Kier alpha value is -1.26. The summed E-state index contributed by atoms with van der Waals surface area (Å²) in [5.74, 6) is 0.620. The van der Waals surface area contributed by atoms with Crippen LogP contribution in [-0.2, 0) is 11.2 Å². The zero-order chi connectivity index (χ0) is 13.4. The van der Waals surface area contributed by atoms with Crippen molar-refractivity contribution in [2.24, 2.45) is 0 Å². The topological polar surface area (TPSA) is 37.3 Å². The number of hydrogen-bond acceptors (Lipinski definition) is 3.